The third kappa shape index (κ3) is 4.78. The van der Waals surface area contributed by atoms with E-state index in [2.05, 4.69) is 16.0 Å². The second-order valence-corrected chi connectivity index (χ2v) is 9.15. The number of anilines is 1. The van der Waals surface area contributed by atoms with Crippen molar-refractivity contribution in [3.05, 3.63) is 95.7 Å². The number of fused-ring (bicyclic) bond motifs is 1. The van der Waals surface area contributed by atoms with E-state index < -0.39 is 0 Å². The van der Waals surface area contributed by atoms with Gasteiger partial charge in [-0.05, 0) is 55.3 Å². The zero-order chi connectivity index (χ0) is 25.1. The van der Waals surface area contributed by atoms with Crippen LogP contribution in [0.3, 0.4) is 0 Å². The molecule has 0 radical (unpaired) electrons. The van der Waals surface area contributed by atoms with Crippen molar-refractivity contribution in [1.29, 1.82) is 0 Å². The van der Waals surface area contributed by atoms with E-state index in [0.717, 1.165) is 47.0 Å². The highest BCUT2D eigenvalue weighted by Gasteiger charge is 2.28. The Labute approximate surface area is 210 Å². The molecule has 5 rings (SSSR count). The number of nitrogens with zero attached hydrogens (tertiary/aromatic N) is 4. The van der Waals surface area contributed by atoms with E-state index in [1.807, 2.05) is 71.9 Å². The molecule has 0 bridgehead atoms. The Morgan fingerprint density at radius 2 is 1.86 bits per heavy atom. The van der Waals surface area contributed by atoms with E-state index in [1.54, 1.807) is 6.07 Å². The van der Waals surface area contributed by atoms with Crippen molar-refractivity contribution >= 4 is 17.2 Å². The highest BCUT2D eigenvalue weighted by atomic mass is 19.1. The molecule has 0 aliphatic carbocycles. The number of halogens is 1. The van der Waals surface area contributed by atoms with E-state index in [0.29, 0.717) is 19.7 Å². The first kappa shape index (κ1) is 23.9. The summed E-state index contributed by atoms with van der Waals surface area (Å²) < 4.78 is 22.0. The Morgan fingerprint density at radius 3 is 2.64 bits per heavy atom. The van der Waals surface area contributed by atoms with Crippen molar-refractivity contribution in [2.45, 2.75) is 26.2 Å². The molecule has 0 spiro atoms. The van der Waals surface area contributed by atoms with Crippen molar-refractivity contribution in [3.63, 3.8) is 0 Å². The van der Waals surface area contributed by atoms with Crippen LogP contribution in [0.25, 0.3) is 5.65 Å². The van der Waals surface area contributed by atoms with Crippen LogP contribution in [0.1, 0.15) is 36.1 Å². The average molecular weight is 487 g/mol. The first-order valence-corrected chi connectivity index (χ1v) is 12.5. The lowest BCUT2D eigenvalue weighted by Crippen LogP contribution is -2.49. The molecule has 1 unspecified atom stereocenters. The van der Waals surface area contributed by atoms with Gasteiger partial charge in [-0.25, -0.2) is 9.37 Å². The topological polar surface area (TPSA) is 50.1 Å². The minimum Gasteiger partial charge on any atom is -0.492 e. The van der Waals surface area contributed by atoms with Gasteiger partial charge >= 0.3 is 0 Å². The fourth-order valence-corrected chi connectivity index (χ4v) is 5.04. The quantitative estimate of drug-likeness (QED) is 0.367. The van der Waals surface area contributed by atoms with Crippen LogP contribution >= 0.6 is 0 Å². The highest BCUT2D eigenvalue weighted by Crippen LogP contribution is 2.32. The summed E-state index contributed by atoms with van der Waals surface area (Å²) in [6, 6.07) is 18.6. The number of hydrogen-bond acceptors (Lipinski definition) is 4. The van der Waals surface area contributed by atoms with Gasteiger partial charge in [0, 0.05) is 50.9 Å². The third-order valence-corrected chi connectivity index (χ3v) is 6.88. The molecule has 1 aliphatic heterocycles. The Hall–Kier alpha value is -3.87. The molecule has 2 aromatic carbocycles. The van der Waals surface area contributed by atoms with Gasteiger partial charge in [0.05, 0.1) is 18.0 Å². The molecule has 4 aromatic rings. The maximum atomic E-state index is 14.2. The first-order chi connectivity index (χ1) is 17.5. The maximum Gasteiger partial charge on any atom is 0.223 e. The summed E-state index contributed by atoms with van der Waals surface area (Å²) in [7, 11) is 0. The highest BCUT2D eigenvalue weighted by molar-refractivity contribution is 5.78. The van der Waals surface area contributed by atoms with Crippen LogP contribution in [-0.4, -0.2) is 53.0 Å². The predicted molar refractivity (Wildman–Crippen MR) is 139 cm³/mol. The SMILES string of the molecule is CCOc1ccccc1N1CCN(C(=O)CC(c2cccc(F)c2)c2cnc3c(C)cccn23)CC1. The first-order valence-electron chi connectivity index (χ1n) is 12.5. The molecule has 0 N–H and O–H groups in total. The molecule has 36 heavy (non-hydrogen) atoms. The summed E-state index contributed by atoms with van der Waals surface area (Å²) in [6.07, 6.45) is 4.02. The zero-order valence-electron chi connectivity index (χ0n) is 20.7. The van der Waals surface area contributed by atoms with Crippen molar-refractivity contribution in [1.82, 2.24) is 14.3 Å². The zero-order valence-corrected chi connectivity index (χ0v) is 20.7. The van der Waals surface area contributed by atoms with Crippen LogP contribution in [-0.2, 0) is 4.79 Å². The van der Waals surface area contributed by atoms with Crippen LogP contribution in [0.4, 0.5) is 10.1 Å². The van der Waals surface area contributed by atoms with Gasteiger partial charge in [0.15, 0.2) is 0 Å². The Kier molecular flexibility index (Phi) is 6.89. The van der Waals surface area contributed by atoms with Crippen LogP contribution in [0.15, 0.2) is 73.1 Å². The number of imidazole rings is 1. The van der Waals surface area contributed by atoms with Gasteiger partial charge in [0.1, 0.15) is 17.2 Å². The molecule has 7 heteroatoms. The summed E-state index contributed by atoms with van der Waals surface area (Å²) >= 11 is 0. The molecule has 1 fully saturated rings. The molecule has 1 aliphatic rings. The minimum absolute atomic E-state index is 0.0598. The van der Waals surface area contributed by atoms with Crippen LogP contribution in [0, 0.1) is 12.7 Å². The number of rotatable bonds is 7. The molecular weight excluding hydrogens is 455 g/mol. The van der Waals surface area contributed by atoms with Crippen molar-refractivity contribution in [3.8, 4) is 5.75 Å². The Bertz CT molecular complexity index is 1360. The molecule has 1 atom stereocenters. The van der Waals surface area contributed by atoms with Crippen LogP contribution in [0.5, 0.6) is 5.75 Å². The molecular formula is C29H31FN4O2. The summed E-state index contributed by atoms with van der Waals surface area (Å²) in [6.45, 7) is 7.32. The second kappa shape index (κ2) is 10.4. The number of amides is 1. The second-order valence-electron chi connectivity index (χ2n) is 9.15. The number of pyridine rings is 1. The minimum atomic E-state index is -0.309. The van der Waals surface area contributed by atoms with E-state index >= 15 is 0 Å². The Morgan fingerprint density at radius 1 is 1.06 bits per heavy atom. The van der Waals surface area contributed by atoms with Gasteiger partial charge in [-0.15, -0.1) is 0 Å². The number of aromatic nitrogens is 2. The number of benzene rings is 2. The average Bonchev–Trinajstić information content (AvgIpc) is 3.33. The van der Waals surface area contributed by atoms with Crippen molar-refractivity contribution < 1.29 is 13.9 Å². The lowest BCUT2D eigenvalue weighted by Gasteiger charge is -2.37. The molecule has 0 saturated carbocycles. The van der Waals surface area contributed by atoms with Gasteiger partial charge < -0.3 is 18.9 Å². The summed E-state index contributed by atoms with van der Waals surface area (Å²) in [5.41, 5.74) is 4.62. The third-order valence-electron chi connectivity index (χ3n) is 6.88. The largest absolute Gasteiger partial charge is 0.492 e. The molecule has 6 nitrogen and oxygen atoms in total. The summed E-state index contributed by atoms with van der Waals surface area (Å²) in [4.78, 5) is 22.3. The van der Waals surface area contributed by atoms with E-state index in [4.69, 9.17) is 4.74 Å². The normalized spacial score (nSPS) is 14.8. The molecule has 1 amide bonds. The molecule has 3 heterocycles. The molecule has 186 valence electrons. The van der Waals surface area contributed by atoms with Gasteiger partial charge in [-0.3, -0.25) is 4.79 Å². The number of piperazine rings is 1. The maximum absolute atomic E-state index is 14.2. The Balaban J connectivity index is 1.36. The lowest BCUT2D eigenvalue weighted by molar-refractivity contribution is -0.131. The van der Waals surface area contributed by atoms with Crippen molar-refractivity contribution in [2.24, 2.45) is 0 Å². The predicted octanol–water partition coefficient (Wildman–Crippen LogP) is 5.05. The summed E-state index contributed by atoms with van der Waals surface area (Å²) in [5, 5.41) is 0. The van der Waals surface area contributed by atoms with E-state index in [9.17, 15) is 9.18 Å². The number of carbonyl (C=O) groups is 1. The van der Waals surface area contributed by atoms with E-state index in [-0.39, 0.29) is 24.1 Å². The van der Waals surface area contributed by atoms with Gasteiger partial charge in [-0.2, -0.15) is 0 Å². The molecule has 2 aromatic heterocycles. The van der Waals surface area contributed by atoms with Gasteiger partial charge in [-0.1, -0.05) is 30.3 Å². The number of carbonyl (C=O) groups excluding carboxylic acids is 1. The van der Waals surface area contributed by atoms with Crippen LogP contribution < -0.4 is 9.64 Å². The summed E-state index contributed by atoms with van der Waals surface area (Å²) in [5.74, 6) is 0.316. The fourth-order valence-electron chi connectivity index (χ4n) is 5.04. The monoisotopic (exact) mass is 486 g/mol. The van der Waals surface area contributed by atoms with E-state index in [1.165, 1.54) is 12.1 Å². The number of hydrogen-bond donors (Lipinski definition) is 0. The fraction of sp³-hybridized carbons (Fsp3) is 0.310. The molecule has 1 saturated heterocycles. The standard InChI is InChI=1S/C29H31FN4O2/c1-3-36-27-12-5-4-11-25(27)32-14-16-33(17-15-32)28(35)19-24(22-9-6-10-23(30)18-22)26-20-31-29-21(2)8-7-13-34(26)29/h4-13,18,20,24H,3,14-17,19H2,1-2H3. The van der Waals surface area contributed by atoms with Crippen molar-refractivity contribution in [2.75, 3.05) is 37.7 Å². The number of para-hydroxylation sites is 2. The number of aryl methyl sites for hydroxylation is 1. The lowest BCUT2D eigenvalue weighted by atomic mass is 9.92. The van der Waals surface area contributed by atoms with Gasteiger partial charge in [0.25, 0.3) is 0 Å². The number of ether oxygens (including phenoxy) is 1. The smallest absolute Gasteiger partial charge is 0.223 e. The van der Waals surface area contributed by atoms with Crippen LogP contribution in [0.2, 0.25) is 0 Å². The van der Waals surface area contributed by atoms with Gasteiger partial charge in [0.2, 0.25) is 5.91 Å².